The van der Waals surface area contributed by atoms with Crippen LogP contribution in [0.15, 0.2) is 46.9 Å². The normalized spacial score (nSPS) is 10.2. The molecular formula is C20H16N2O4. The Balaban J connectivity index is 1.80. The van der Waals surface area contributed by atoms with Crippen LogP contribution in [-0.4, -0.2) is 18.4 Å². The van der Waals surface area contributed by atoms with Crippen molar-refractivity contribution in [3.8, 4) is 29.0 Å². The number of benzene rings is 2. The van der Waals surface area contributed by atoms with Crippen LogP contribution in [0, 0.1) is 18.3 Å². The van der Waals surface area contributed by atoms with Crippen molar-refractivity contribution >= 4 is 6.29 Å². The van der Waals surface area contributed by atoms with E-state index >= 15 is 0 Å². The number of methoxy groups -OCH3 is 1. The topological polar surface area (TPSA) is 85.4 Å². The van der Waals surface area contributed by atoms with Gasteiger partial charge in [-0.15, -0.1) is 0 Å². The number of oxazole rings is 1. The van der Waals surface area contributed by atoms with Crippen molar-refractivity contribution < 1.29 is 18.7 Å². The second kappa shape index (κ2) is 7.53. The van der Waals surface area contributed by atoms with E-state index in [0.717, 1.165) is 11.8 Å². The quantitative estimate of drug-likeness (QED) is 0.628. The summed E-state index contributed by atoms with van der Waals surface area (Å²) in [6.07, 6.45) is 0.746. The SMILES string of the molecule is COc1cc(C=O)ccc1OCc1nc(-c2cccc(C#N)c2)oc1C. The summed E-state index contributed by atoms with van der Waals surface area (Å²) in [5, 5.41) is 9.01. The lowest BCUT2D eigenvalue weighted by molar-refractivity contribution is 0.112. The maximum atomic E-state index is 10.9. The highest BCUT2D eigenvalue weighted by Gasteiger charge is 2.14. The molecule has 26 heavy (non-hydrogen) atoms. The van der Waals surface area contributed by atoms with Crippen molar-refractivity contribution in [3.05, 3.63) is 65.0 Å². The maximum Gasteiger partial charge on any atom is 0.226 e. The molecule has 1 aromatic heterocycles. The molecule has 3 rings (SSSR count). The molecule has 6 nitrogen and oxygen atoms in total. The molecule has 0 aliphatic carbocycles. The molecule has 130 valence electrons. The Morgan fingerprint density at radius 1 is 1.23 bits per heavy atom. The van der Waals surface area contributed by atoms with Crippen LogP contribution >= 0.6 is 0 Å². The van der Waals surface area contributed by atoms with Crippen LogP contribution < -0.4 is 9.47 Å². The molecule has 0 amide bonds. The molecule has 0 N–H and O–H groups in total. The predicted molar refractivity (Wildman–Crippen MR) is 94.1 cm³/mol. The summed E-state index contributed by atoms with van der Waals surface area (Å²) in [6, 6.07) is 14.1. The number of aryl methyl sites for hydroxylation is 1. The molecule has 0 aliphatic heterocycles. The fraction of sp³-hybridized carbons (Fsp3) is 0.150. The maximum absolute atomic E-state index is 10.9. The first-order chi connectivity index (χ1) is 12.6. The van der Waals surface area contributed by atoms with Gasteiger partial charge in [0, 0.05) is 11.1 Å². The molecule has 0 radical (unpaired) electrons. The Kier molecular flexibility index (Phi) is 4.99. The van der Waals surface area contributed by atoms with Crippen molar-refractivity contribution in [2.24, 2.45) is 0 Å². The lowest BCUT2D eigenvalue weighted by atomic mass is 10.1. The summed E-state index contributed by atoms with van der Waals surface area (Å²) in [4.78, 5) is 15.3. The zero-order valence-corrected chi connectivity index (χ0v) is 14.4. The molecule has 0 bridgehead atoms. The summed E-state index contributed by atoms with van der Waals surface area (Å²) >= 11 is 0. The van der Waals surface area contributed by atoms with Gasteiger partial charge in [-0.1, -0.05) is 6.07 Å². The van der Waals surface area contributed by atoms with Gasteiger partial charge >= 0.3 is 0 Å². The highest BCUT2D eigenvalue weighted by atomic mass is 16.5. The third kappa shape index (κ3) is 3.57. The Labute approximate surface area is 150 Å². The van der Waals surface area contributed by atoms with Crippen molar-refractivity contribution in [2.75, 3.05) is 7.11 Å². The number of carbonyl (C=O) groups is 1. The van der Waals surface area contributed by atoms with Crippen molar-refractivity contribution in [2.45, 2.75) is 13.5 Å². The average molecular weight is 348 g/mol. The van der Waals surface area contributed by atoms with Gasteiger partial charge in [-0.3, -0.25) is 4.79 Å². The van der Waals surface area contributed by atoms with E-state index < -0.39 is 0 Å². The van der Waals surface area contributed by atoms with E-state index in [-0.39, 0.29) is 6.61 Å². The van der Waals surface area contributed by atoms with Crippen LogP contribution in [0.5, 0.6) is 11.5 Å². The van der Waals surface area contributed by atoms with Gasteiger partial charge in [0.2, 0.25) is 5.89 Å². The summed E-state index contributed by atoms with van der Waals surface area (Å²) in [5.74, 6) is 2.04. The first-order valence-electron chi connectivity index (χ1n) is 7.87. The molecule has 0 saturated carbocycles. The zero-order valence-electron chi connectivity index (χ0n) is 14.4. The first kappa shape index (κ1) is 17.2. The van der Waals surface area contributed by atoms with Gasteiger partial charge < -0.3 is 13.9 Å². The third-order valence-corrected chi connectivity index (χ3v) is 3.82. The van der Waals surface area contributed by atoms with Crippen LogP contribution in [0.1, 0.15) is 27.4 Å². The molecule has 2 aromatic carbocycles. The van der Waals surface area contributed by atoms with Crippen molar-refractivity contribution in [1.29, 1.82) is 5.26 Å². The number of rotatable bonds is 6. The van der Waals surface area contributed by atoms with E-state index in [1.807, 2.05) is 6.07 Å². The average Bonchev–Trinajstić information content (AvgIpc) is 3.07. The van der Waals surface area contributed by atoms with Gasteiger partial charge in [-0.05, 0) is 43.3 Å². The van der Waals surface area contributed by atoms with Crippen LogP contribution in [0.4, 0.5) is 0 Å². The van der Waals surface area contributed by atoms with Gasteiger partial charge in [0.1, 0.15) is 24.3 Å². The lowest BCUT2D eigenvalue weighted by Crippen LogP contribution is -2.00. The lowest BCUT2D eigenvalue weighted by Gasteiger charge is -2.10. The second-order valence-electron chi connectivity index (χ2n) is 5.53. The molecular weight excluding hydrogens is 332 g/mol. The van der Waals surface area contributed by atoms with Gasteiger partial charge in [-0.2, -0.15) is 5.26 Å². The fourth-order valence-corrected chi connectivity index (χ4v) is 2.43. The van der Waals surface area contributed by atoms with E-state index in [1.54, 1.807) is 43.3 Å². The van der Waals surface area contributed by atoms with Gasteiger partial charge in [-0.25, -0.2) is 4.98 Å². The summed E-state index contributed by atoms with van der Waals surface area (Å²) < 4.78 is 16.7. The molecule has 0 unspecified atom stereocenters. The minimum absolute atomic E-state index is 0.185. The number of ether oxygens (including phenoxy) is 2. The largest absolute Gasteiger partial charge is 0.493 e. The molecule has 0 aliphatic rings. The van der Waals surface area contributed by atoms with Crippen LogP contribution in [0.25, 0.3) is 11.5 Å². The first-order valence-corrected chi connectivity index (χ1v) is 7.87. The van der Waals surface area contributed by atoms with Crippen LogP contribution in [-0.2, 0) is 6.61 Å². The Bertz CT molecular complexity index is 986. The predicted octanol–water partition coefficient (Wildman–Crippen LogP) is 3.92. The molecule has 0 fully saturated rings. The number of nitriles is 1. The van der Waals surface area contributed by atoms with Gasteiger partial charge in [0.15, 0.2) is 11.5 Å². The van der Waals surface area contributed by atoms with Gasteiger partial charge in [0.05, 0.1) is 18.7 Å². The van der Waals surface area contributed by atoms with Crippen LogP contribution in [0.2, 0.25) is 0 Å². The van der Waals surface area contributed by atoms with Crippen LogP contribution in [0.3, 0.4) is 0 Å². The third-order valence-electron chi connectivity index (χ3n) is 3.82. The number of nitrogens with zero attached hydrogens (tertiary/aromatic N) is 2. The van der Waals surface area contributed by atoms with Crippen molar-refractivity contribution in [3.63, 3.8) is 0 Å². The molecule has 3 aromatic rings. The Hall–Kier alpha value is -3.59. The second-order valence-corrected chi connectivity index (χ2v) is 5.53. The van der Waals surface area contributed by atoms with E-state index in [2.05, 4.69) is 11.1 Å². The Morgan fingerprint density at radius 2 is 2.08 bits per heavy atom. The van der Waals surface area contributed by atoms with E-state index in [4.69, 9.17) is 19.2 Å². The minimum atomic E-state index is 0.185. The minimum Gasteiger partial charge on any atom is -0.493 e. The van der Waals surface area contributed by atoms with E-state index in [9.17, 15) is 4.79 Å². The summed E-state index contributed by atoms with van der Waals surface area (Å²) in [7, 11) is 1.51. The molecule has 0 spiro atoms. The summed E-state index contributed by atoms with van der Waals surface area (Å²) in [6.45, 7) is 1.99. The molecule has 0 atom stereocenters. The number of aromatic nitrogens is 1. The van der Waals surface area contributed by atoms with Crippen molar-refractivity contribution in [1.82, 2.24) is 4.98 Å². The standard InChI is InChI=1S/C20H16N2O4/c1-13-17(12-25-18-7-6-15(11-23)9-19(18)24-2)22-20(26-13)16-5-3-4-14(8-16)10-21/h3-9,11H,12H2,1-2H3. The van der Waals surface area contributed by atoms with Gasteiger partial charge in [0.25, 0.3) is 0 Å². The fourth-order valence-electron chi connectivity index (χ4n) is 2.43. The molecule has 1 heterocycles. The number of aldehydes is 1. The number of carbonyl (C=O) groups excluding carboxylic acids is 1. The van der Waals surface area contributed by atoms with E-state index in [0.29, 0.717) is 40.0 Å². The van der Waals surface area contributed by atoms with E-state index in [1.165, 1.54) is 7.11 Å². The highest BCUT2D eigenvalue weighted by Crippen LogP contribution is 2.29. The zero-order chi connectivity index (χ0) is 18.5. The number of hydrogen-bond donors (Lipinski definition) is 0. The molecule has 0 saturated heterocycles. The smallest absolute Gasteiger partial charge is 0.226 e. The highest BCUT2D eigenvalue weighted by molar-refractivity contribution is 5.76. The number of hydrogen-bond acceptors (Lipinski definition) is 6. The monoisotopic (exact) mass is 348 g/mol. The summed E-state index contributed by atoms with van der Waals surface area (Å²) in [5.41, 5.74) is 2.41. The Morgan fingerprint density at radius 3 is 2.81 bits per heavy atom. The molecule has 6 heteroatoms.